The Morgan fingerprint density at radius 2 is 2.00 bits per heavy atom. The van der Waals surface area contributed by atoms with Crippen LogP contribution in [0.25, 0.3) is 6.08 Å². The largest absolute Gasteiger partial charge is 0.508 e. The van der Waals surface area contributed by atoms with Crippen LogP contribution in [0.2, 0.25) is 11.3 Å². The summed E-state index contributed by atoms with van der Waals surface area (Å²) in [4.78, 5) is 27.1. The highest BCUT2D eigenvalue weighted by Gasteiger charge is 2.56. The molecule has 35 heavy (non-hydrogen) atoms. The fraction of sp³-hybridized carbons (Fsp3) is 0.556. The molecule has 4 atom stereocenters. The molecule has 2 amide bonds. The van der Waals surface area contributed by atoms with E-state index in [0.29, 0.717) is 24.2 Å². The first-order valence-corrected chi connectivity index (χ1v) is 13.1. The maximum Gasteiger partial charge on any atom is 0.455 e. The molecule has 2 aliphatic heterocycles. The van der Waals surface area contributed by atoms with Gasteiger partial charge in [0, 0.05) is 7.05 Å². The molecule has 2 saturated heterocycles. The Morgan fingerprint density at radius 1 is 1.26 bits per heavy atom. The van der Waals surface area contributed by atoms with Gasteiger partial charge in [-0.3, -0.25) is 14.5 Å². The zero-order valence-electron chi connectivity index (χ0n) is 21.0. The first-order valence-electron chi connectivity index (χ1n) is 12.7. The monoisotopic (exact) mass is 499 g/mol. The van der Waals surface area contributed by atoms with Gasteiger partial charge < -0.3 is 14.8 Å². The maximum atomic E-state index is 13.0. The molecule has 0 spiro atoms. The van der Waals surface area contributed by atoms with Crippen molar-refractivity contribution >= 4 is 36.6 Å². The Morgan fingerprint density at radius 3 is 2.66 bits per heavy atom. The van der Waals surface area contributed by atoms with Gasteiger partial charge in [0.2, 0.25) is 11.8 Å². The van der Waals surface area contributed by atoms with Crippen LogP contribution in [-0.2, 0) is 14.2 Å². The van der Waals surface area contributed by atoms with Crippen molar-refractivity contribution in [3.63, 3.8) is 0 Å². The number of imide groups is 1. The molecule has 2 fully saturated rings. The van der Waals surface area contributed by atoms with Gasteiger partial charge in [-0.15, -0.1) is 0 Å². The minimum absolute atomic E-state index is 0.103. The van der Waals surface area contributed by atoms with E-state index < -0.39 is 13.0 Å². The standard InChI is InChI=1S/C27H35BClNO5/c1-5-6-16(11-17-8-9-18(31)12-22(17)29)7-10-23-24-19(15(2)3)13-20-25(21(24)14-28(34)35-23)27(33)30(4)26(20)32/h8-9,11-12,15,20-21,23,25,31,34H,5-7,10,13-14H2,1-4H3/b16-11+/t20-,21+,23-,25-/m1/s1. The van der Waals surface area contributed by atoms with Gasteiger partial charge in [0.25, 0.3) is 0 Å². The SMILES string of the molecule is CCC/C(=C\c1ccc(O)cc1Cl)CC[C@H]1OB(O)C[C@H]2C1=C(C(C)C)C[C@H]1C(=O)N(C)C(=O)[C@H]12. The van der Waals surface area contributed by atoms with E-state index in [4.69, 9.17) is 16.3 Å². The van der Waals surface area contributed by atoms with E-state index in [2.05, 4.69) is 26.8 Å². The Hall–Kier alpha value is -2.09. The minimum atomic E-state index is -0.958. The van der Waals surface area contributed by atoms with Crippen LogP contribution in [0, 0.1) is 23.7 Å². The van der Waals surface area contributed by atoms with E-state index in [-0.39, 0.29) is 41.4 Å². The van der Waals surface area contributed by atoms with Crippen LogP contribution >= 0.6 is 11.6 Å². The van der Waals surface area contributed by atoms with Gasteiger partial charge in [0.1, 0.15) is 5.75 Å². The van der Waals surface area contributed by atoms with Gasteiger partial charge in [0.15, 0.2) is 0 Å². The lowest BCUT2D eigenvalue weighted by molar-refractivity contribution is -0.138. The number of phenolic OH excluding ortho intramolecular Hbond substituents is 1. The number of benzene rings is 1. The molecule has 0 bridgehead atoms. The molecule has 0 aromatic heterocycles. The van der Waals surface area contributed by atoms with Crippen molar-refractivity contribution in [1.82, 2.24) is 4.90 Å². The maximum absolute atomic E-state index is 13.0. The van der Waals surface area contributed by atoms with Crippen molar-refractivity contribution in [3.8, 4) is 5.75 Å². The normalized spacial score (nSPS) is 27.1. The van der Waals surface area contributed by atoms with Crippen molar-refractivity contribution in [2.75, 3.05) is 7.05 Å². The van der Waals surface area contributed by atoms with E-state index in [1.165, 1.54) is 22.1 Å². The van der Waals surface area contributed by atoms with Gasteiger partial charge >= 0.3 is 7.12 Å². The number of carbonyl (C=O) groups is 2. The average Bonchev–Trinajstić information content (AvgIpc) is 3.02. The summed E-state index contributed by atoms with van der Waals surface area (Å²) < 4.78 is 6.09. The van der Waals surface area contributed by atoms with E-state index in [1.54, 1.807) is 13.1 Å². The number of hydrogen-bond donors (Lipinski definition) is 2. The van der Waals surface area contributed by atoms with Crippen LogP contribution in [0.5, 0.6) is 5.75 Å². The molecule has 6 nitrogen and oxygen atoms in total. The molecule has 1 aromatic carbocycles. The van der Waals surface area contributed by atoms with Gasteiger partial charge in [-0.2, -0.15) is 0 Å². The summed E-state index contributed by atoms with van der Waals surface area (Å²) in [5, 5.41) is 20.8. The van der Waals surface area contributed by atoms with Crippen molar-refractivity contribution in [1.29, 1.82) is 0 Å². The Balaban J connectivity index is 1.64. The summed E-state index contributed by atoms with van der Waals surface area (Å²) in [6.07, 6.45) is 6.01. The van der Waals surface area contributed by atoms with Gasteiger partial charge in [-0.25, -0.2) is 0 Å². The van der Waals surface area contributed by atoms with Crippen LogP contribution in [0.4, 0.5) is 0 Å². The quantitative estimate of drug-likeness (QED) is 0.310. The molecule has 2 heterocycles. The summed E-state index contributed by atoms with van der Waals surface area (Å²) >= 11 is 6.34. The number of fused-ring (bicyclic) bond motifs is 3. The third-order valence-electron chi connectivity index (χ3n) is 7.80. The molecule has 1 aliphatic carbocycles. The van der Waals surface area contributed by atoms with E-state index in [0.717, 1.165) is 30.4 Å². The highest BCUT2D eigenvalue weighted by molar-refractivity contribution is 6.43. The lowest BCUT2D eigenvalue weighted by atomic mass is 9.57. The van der Waals surface area contributed by atoms with E-state index in [9.17, 15) is 19.7 Å². The minimum Gasteiger partial charge on any atom is -0.508 e. The number of amides is 2. The number of hydrogen-bond acceptors (Lipinski definition) is 5. The number of halogens is 1. The Kier molecular flexibility index (Phi) is 7.79. The number of rotatable bonds is 7. The van der Waals surface area contributed by atoms with Crippen molar-refractivity contribution in [3.05, 3.63) is 45.5 Å². The van der Waals surface area contributed by atoms with Crippen molar-refractivity contribution in [2.24, 2.45) is 23.7 Å². The number of nitrogens with zero attached hydrogens (tertiary/aromatic N) is 1. The molecule has 1 aromatic rings. The second-order valence-electron chi connectivity index (χ2n) is 10.4. The molecular weight excluding hydrogens is 465 g/mol. The third-order valence-corrected chi connectivity index (χ3v) is 8.13. The smallest absolute Gasteiger partial charge is 0.455 e. The van der Waals surface area contributed by atoms with E-state index >= 15 is 0 Å². The Bertz CT molecular complexity index is 1070. The summed E-state index contributed by atoms with van der Waals surface area (Å²) in [5.41, 5.74) is 4.40. The lowest BCUT2D eigenvalue weighted by Crippen LogP contribution is -2.46. The zero-order valence-corrected chi connectivity index (χ0v) is 21.7. The number of likely N-dealkylation sites (tertiary alicyclic amines) is 1. The van der Waals surface area contributed by atoms with Crippen molar-refractivity contribution < 1.29 is 24.4 Å². The zero-order chi connectivity index (χ0) is 25.4. The highest BCUT2D eigenvalue weighted by Crippen LogP contribution is 2.51. The fourth-order valence-corrected chi connectivity index (χ4v) is 6.40. The van der Waals surface area contributed by atoms with Crippen LogP contribution < -0.4 is 0 Å². The van der Waals surface area contributed by atoms with Gasteiger partial charge in [-0.1, -0.05) is 56.0 Å². The second-order valence-corrected chi connectivity index (χ2v) is 10.8. The predicted molar refractivity (Wildman–Crippen MR) is 138 cm³/mol. The first-order chi connectivity index (χ1) is 16.6. The van der Waals surface area contributed by atoms with Crippen molar-refractivity contribution in [2.45, 2.75) is 65.3 Å². The predicted octanol–water partition coefficient (Wildman–Crippen LogP) is 5.09. The van der Waals surface area contributed by atoms with E-state index in [1.807, 2.05) is 6.07 Å². The van der Waals surface area contributed by atoms with Gasteiger partial charge in [0.05, 0.1) is 23.0 Å². The second kappa shape index (κ2) is 10.5. The topological polar surface area (TPSA) is 87.1 Å². The first kappa shape index (κ1) is 26.0. The van der Waals surface area contributed by atoms with Crippen LogP contribution in [0.3, 0.4) is 0 Å². The number of aromatic hydroxyl groups is 1. The van der Waals surface area contributed by atoms with Gasteiger partial charge in [-0.05, 0) is 73.2 Å². The molecule has 0 unspecified atom stereocenters. The molecule has 0 saturated carbocycles. The van der Waals surface area contributed by atoms with Crippen LogP contribution in [0.1, 0.15) is 58.4 Å². The summed E-state index contributed by atoms with van der Waals surface area (Å²) in [6, 6.07) is 4.98. The molecule has 0 radical (unpaired) electrons. The number of allylic oxidation sites excluding steroid dienone is 2. The lowest BCUT2D eigenvalue weighted by Gasteiger charge is -2.44. The summed E-state index contributed by atoms with van der Waals surface area (Å²) in [6.45, 7) is 6.38. The molecular formula is C27H35BClNO5. The molecule has 2 N–H and O–H groups in total. The summed E-state index contributed by atoms with van der Waals surface area (Å²) in [7, 11) is 0.612. The fourth-order valence-electron chi connectivity index (χ4n) is 6.17. The molecule has 188 valence electrons. The Labute approximate surface area is 213 Å². The van der Waals surface area contributed by atoms with Crippen LogP contribution in [-0.4, -0.2) is 47.1 Å². The average molecular weight is 500 g/mol. The molecule has 8 heteroatoms. The third kappa shape index (κ3) is 5.09. The molecule has 3 aliphatic rings. The van der Waals surface area contributed by atoms with Crippen LogP contribution in [0.15, 0.2) is 34.9 Å². The molecule has 4 rings (SSSR count). The summed E-state index contributed by atoms with van der Waals surface area (Å²) in [5.74, 6) is -0.796. The number of phenols is 1. The number of carbonyl (C=O) groups excluding carboxylic acids is 2. The highest BCUT2D eigenvalue weighted by atomic mass is 35.5.